The summed E-state index contributed by atoms with van der Waals surface area (Å²) < 4.78 is 0. The lowest BCUT2D eigenvalue weighted by molar-refractivity contribution is 0.296. The molecule has 3 N–H and O–H groups in total. The average Bonchev–Trinajstić information content (AvgIpc) is 2.69. The number of aromatic hydroxyl groups is 1. The molecule has 27 heavy (non-hydrogen) atoms. The number of nitrogens with zero attached hydrogens (tertiary/aromatic N) is 1. The molecule has 2 aromatic rings. The van der Waals surface area contributed by atoms with Crippen molar-refractivity contribution in [2.24, 2.45) is 0 Å². The second-order valence-electron chi connectivity index (χ2n) is 6.68. The summed E-state index contributed by atoms with van der Waals surface area (Å²) in [6.45, 7) is 13.7. The van der Waals surface area contributed by atoms with E-state index in [2.05, 4.69) is 66.3 Å². The van der Waals surface area contributed by atoms with E-state index in [9.17, 15) is 5.11 Å². The predicted molar refractivity (Wildman–Crippen MR) is 114 cm³/mol. The van der Waals surface area contributed by atoms with Crippen LogP contribution in [0.2, 0.25) is 0 Å². The summed E-state index contributed by atoms with van der Waals surface area (Å²) in [6, 6.07) is 16.3. The van der Waals surface area contributed by atoms with Crippen LogP contribution >= 0.6 is 0 Å². The van der Waals surface area contributed by atoms with Gasteiger partial charge in [-0.1, -0.05) is 56.3 Å². The molecule has 2 rings (SSSR count). The largest absolute Gasteiger partial charge is 0.508 e. The fourth-order valence-electron chi connectivity index (χ4n) is 3.16. The lowest BCUT2D eigenvalue weighted by atomic mass is 9.97. The molecule has 0 aliphatic carbocycles. The van der Waals surface area contributed by atoms with Gasteiger partial charge in [-0.25, -0.2) is 0 Å². The highest BCUT2D eigenvalue weighted by atomic mass is 16.3. The normalized spacial score (nSPS) is 12.3. The first-order valence-corrected chi connectivity index (χ1v) is 9.83. The minimum absolute atomic E-state index is 0.0464. The van der Waals surface area contributed by atoms with E-state index in [4.69, 9.17) is 0 Å². The summed E-state index contributed by atoms with van der Waals surface area (Å²) in [5, 5.41) is 16.8. The van der Waals surface area contributed by atoms with Crippen LogP contribution in [0.1, 0.15) is 36.6 Å². The SMILES string of the molecule is C=CCNCCNC(c1ccc(CN(CC)CC)cc1)c1cccc(O)c1. The van der Waals surface area contributed by atoms with Gasteiger partial charge in [0.25, 0.3) is 0 Å². The summed E-state index contributed by atoms with van der Waals surface area (Å²) in [6.07, 6.45) is 1.86. The molecular weight excluding hydrogens is 334 g/mol. The van der Waals surface area contributed by atoms with Crippen molar-refractivity contribution in [2.45, 2.75) is 26.4 Å². The maximum absolute atomic E-state index is 9.89. The average molecular weight is 368 g/mol. The third-order valence-corrected chi connectivity index (χ3v) is 4.76. The van der Waals surface area contributed by atoms with Crippen LogP contribution in [0.5, 0.6) is 5.75 Å². The van der Waals surface area contributed by atoms with Crippen molar-refractivity contribution in [3.8, 4) is 5.75 Å². The number of hydrogen-bond acceptors (Lipinski definition) is 4. The first kappa shape index (κ1) is 21.2. The zero-order chi connectivity index (χ0) is 19.5. The van der Waals surface area contributed by atoms with E-state index >= 15 is 0 Å². The van der Waals surface area contributed by atoms with Crippen LogP contribution in [0.15, 0.2) is 61.2 Å². The third-order valence-electron chi connectivity index (χ3n) is 4.76. The quantitative estimate of drug-likeness (QED) is 0.396. The molecule has 1 unspecified atom stereocenters. The number of hydrogen-bond donors (Lipinski definition) is 3. The van der Waals surface area contributed by atoms with E-state index in [0.717, 1.165) is 44.8 Å². The fraction of sp³-hybridized carbons (Fsp3) is 0.391. The molecule has 0 aromatic heterocycles. The summed E-state index contributed by atoms with van der Waals surface area (Å²) in [7, 11) is 0. The lowest BCUT2D eigenvalue weighted by Crippen LogP contribution is -2.31. The Morgan fingerprint density at radius 3 is 2.41 bits per heavy atom. The Morgan fingerprint density at radius 2 is 1.78 bits per heavy atom. The zero-order valence-corrected chi connectivity index (χ0v) is 16.6. The Bertz CT molecular complexity index is 680. The van der Waals surface area contributed by atoms with Crippen LogP contribution in [-0.4, -0.2) is 42.7 Å². The second kappa shape index (κ2) is 11.5. The molecule has 0 bridgehead atoms. The van der Waals surface area contributed by atoms with Crippen LogP contribution < -0.4 is 10.6 Å². The number of phenolic OH excluding ortho intramolecular Hbond substituents is 1. The molecule has 0 aliphatic heterocycles. The maximum Gasteiger partial charge on any atom is 0.115 e. The lowest BCUT2D eigenvalue weighted by Gasteiger charge is -2.22. The van der Waals surface area contributed by atoms with Crippen molar-refractivity contribution in [1.82, 2.24) is 15.5 Å². The Hall–Kier alpha value is -2.14. The molecule has 0 spiro atoms. The molecule has 1 atom stereocenters. The van der Waals surface area contributed by atoms with Crippen molar-refractivity contribution in [2.75, 3.05) is 32.7 Å². The molecule has 0 radical (unpaired) electrons. The van der Waals surface area contributed by atoms with Gasteiger partial charge in [-0.15, -0.1) is 6.58 Å². The number of nitrogens with one attached hydrogen (secondary N) is 2. The van der Waals surface area contributed by atoms with Crippen LogP contribution in [0.25, 0.3) is 0 Å². The van der Waals surface area contributed by atoms with Gasteiger partial charge in [0.05, 0.1) is 6.04 Å². The van der Waals surface area contributed by atoms with Crippen molar-refractivity contribution in [1.29, 1.82) is 0 Å². The Kier molecular flexibility index (Phi) is 9.05. The molecule has 0 heterocycles. The summed E-state index contributed by atoms with van der Waals surface area (Å²) in [5.41, 5.74) is 3.59. The topological polar surface area (TPSA) is 47.5 Å². The first-order chi connectivity index (χ1) is 13.2. The Balaban J connectivity index is 2.13. The third kappa shape index (κ3) is 6.83. The van der Waals surface area contributed by atoms with E-state index in [0.29, 0.717) is 5.75 Å². The minimum atomic E-state index is 0.0464. The highest BCUT2D eigenvalue weighted by Gasteiger charge is 2.14. The molecule has 4 nitrogen and oxygen atoms in total. The molecule has 0 aliphatic rings. The van der Waals surface area contributed by atoms with Crippen LogP contribution in [0, 0.1) is 0 Å². The number of phenols is 1. The van der Waals surface area contributed by atoms with Gasteiger partial charge in [0.2, 0.25) is 0 Å². The number of rotatable bonds is 12. The highest BCUT2D eigenvalue weighted by molar-refractivity contribution is 5.37. The van der Waals surface area contributed by atoms with Crippen LogP contribution in [-0.2, 0) is 6.54 Å². The van der Waals surface area contributed by atoms with Crippen molar-refractivity contribution < 1.29 is 5.11 Å². The maximum atomic E-state index is 9.89. The minimum Gasteiger partial charge on any atom is -0.508 e. The van der Waals surface area contributed by atoms with E-state index in [1.165, 1.54) is 11.1 Å². The molecule has 2 aromatic carbocycles. The van der Waals surface area contributed by atoms with Gasteiger partial charge in [-0.2, -0.15) is 0 Å². The van der Waals surface area contributed by atoms with Gasteiger partial charge in [0.15, 0.2) is 0 Å². The van der Waals surface area contributed by atoms with Gasteiger partial charge in [0.1, 0.15) is 5.75 Å². The molecule has 146 valence electrons. The van der Waals surface area contributed by atoms with Crippen LogP contribution in [0.4, 0.5) is 0 Å². The van der Waals surface area contributed by atoms with Crippen LogP contribution in [0.3, 0.4) is 0 Å². The van der Waals surface area contributed by atoms with E-state index in [1.54, 1.807) is 6.07 Å². The van der Waals surface area contributed by atoms with E-state index < -0.39 is 0 Å². The smallest absolute Gasteiger partial charge is 0.115 e. The van der Waals surface area contributed by atoms with Gasteiger partial charge < -0.3 is 15.7 Å². The summed E-state index contributed by atoms with van der Waals surface area (Å²) >= 11 is 0. The summed E-state index contributed by atoms with van der Waals surface area (Å²) in [5.74, 6) is 0.294. The zero-order valence-electron chi connectivity index (χ0n) is 16.6. The Morgan fingerprint density at radius 1 is 1.04 bits per heavy atom. The molecule has 4 heteroatoms. The highest BCUT2D eigenvalue weighted by Crippen LogP contribution is 2.25. The fourth-order valence-corrected chi connectivity index (χ4v) is 3.16. The molecule has 0 fully saturated rings. The summed E-state index contributed by atoms with van der Waals surface area (Å²) in [4.78, 5) is 2.41. The standard InChI is InChI=1S/C23H33N3O/c1-4-14-24-15-16-25-23(21-8-7-9-22(27)17-21)20-12-10-19(11-13-20)18-26(5-2)6-3/h4,7-13,17,23-25,27H,1,5-6,14-16,18H2,2-3H3. The van der Waals surface area contributed by atoms with Crippen molar-refractivity contribution in [3.63, 3.8) is 0 Å². The van der Waals surface area contributed by atoms with Gasteiger partial charge in [-0.05, 0) is 41.9 Å². The molecule has 0 saturated carbocycles. The number of benzene rings is 2. The first-order valence-electron chi connectivity index (χ1n) is 9.83. The monoisotopic (exact) mass is 367 g/mol. The predicted octanol–water partition coefficient (Wildman–Crippen LogP) is 3.69. The van der Waals surface area contributed by atoms with Gasteiger partial charge >= 0.3 is 0 Å². The van der Waals surface area contributed by atoms with Crippen molar-refractivity contribution >= 4 is 0 Å². The van der Waals surface area contributed by atoms with Crippen molar-refractivity contribution in [3.05, 3.63) is 77.9 Å². The molecular formula is C23H33N3O. The van der Waals surface area contributed by atoms with Gasteiger partial charge in [-0.3, -0.25) is 4.90 Å². The second-order valence-corrected chi connectivity index (χ2v) is 6.68. The Labute approximate surface area is 163 Å². The van der Waals surface area contributed by atoms with E-state index in [-0.39, 0.29) is 6.04 Å². The molecule has 0 amide bonds. The van der Waals surface area contributed by atoms with E-state index in [1.807, 2.05) is 18.2 Å². The molecule has 0 saturated heterocycles. The van der Waals surface area contributed by atoms with Gasteiger partial charge in [0, 0.05) is 26.2 Å².